The van der Waals surface area contributed by atoms with Gasteiger partial charge in [-0.25, -0.2) is 0 Å². The summed E-state index contributed by atoms with van der Waals surface area (Å²) in [7, 11) is 0. The summed E-state index contributed by atoms with van der Waals surface area (Å²) < 4.78 is 3.48. The van der Waals surface area contributed by atoms with Crippen molar-refractivity contribution in [3.8, 4) is 0 Å². The van der Waals surface area contributed by atoms with Crippen molar-refractivity contribution in [3.05, 3.63) is 83.1 Å². The topological polar surface area (TPSA) is 30.9 Å². The van der Waals surface area contributed by atoms with Crippen LogP contribution < -0.4 is 4.72 Å². The van der Waals surface area contributed by atoms with Crippen LogP contribution >= 0.6 is 11.9 Å². The van der Waals surface area contributed by atoms with Gasteiger partial charge in [0, 0.05) is 49.5 Å². The molecule has 0 aromatic carbocycles. The fraction of sp³-hybridized carbons (Fsp3) is 0.500. The van der Waals surface area contributed by atoms with E-state index in [-0.39, 0.29) is 5.41 Å². The van der Waals surface area contributed by atoms with E-state index in [4.69, 9.17) is 0 Å². The summed E-state index contributed by atoms with van der Waals surface area (Å²) in [6.07, 6.45) is 23.5. The minimum atomic E-state index is 0.0516. The minimum absolute atomic E-state index is 0.0516. The van der Waals surface area contributed by atoms with Crippen LogP contribution in [0.5, 0.6) is 0 Å². The maximum atomic E-state index is 4.63. The first-order chi connectivity index (χ1) is 17.0. The van der Waals surface area contributed by atoms with Crippen molar-refractivity contribution >= 4 is 18.2 Å². The zero-order chi connectivity index (χ0) is 25.1. The van der Waals surface area contributed by atoms with Gasteiger partial charge >= 0.3 is 0 Å². The number of fused-ring (bicyclic) bond motifs is 1. The van der Waals surface area contributed by atoms with Crippen LogP contribution in [0.25, 0.3) is 0 Å². The highest BCUT2D eigenvalue weighted by Crippen LogP contribution is 2.55. The largest absolute Gasteiger partial charge is 0.369 e. The number of hydrogen-bond donors (Lipinski definition) is 1. The molecule has 190 valence electrons. The molecule has 2 heterocycles. The third-order valence-corrected chi connectivity index (χ3v) is 7.84. The van der Waals surface area contributed by atoms with E-state index in [0.717, 1.165) is 49.7 Å². The van der Waals surface area contributed by atoms with Gasteiger partial charge < -0.3 is 4.90 Å². The maximum absolute atomic E-state index is 4.63. The Hall–Kier alpha value is -2.08. The molecule has 0 saturated carbocycles. The molecule has 0 bridgehead atoms. The second-order valence-corrected chi connectivity index (χ2v) is 10.6. The molecule has 3 rings (SSSR count). The summed E-state index contributed by atoms with van der Waals surface area (Å²) in [5, 5.41) is 0. The van der Waals surface area contributed by atoms with Gasteiger partial charge in [0.2, 0.25) is 0 Å². The highest BCUT2D eigenvalue weighted by molar-refractivity contribution is 8.01. The first-order valence-electron chi connectivity index (χ1n) is 13.2. The van der Waals surface area contributed by atoms with Gasteiger partial charge in [-0.15, -0.1) is 0 Å². The lowest BCUT2D eigenvalue weighted by molar-refractivity contribution is 0.159. The van der Waals surface area contributed by atoms with Crippen molar-refractivity contribution < 1.29 is 0 Å². The van der Waals surface area contributed by atoms with Gasteiger partial charge in [-0.2, -0.15) is 0 Å². The number of nitrogens with zero attached hydrogens (tertiary/aromatic N) is 3. The van der Waals surface area contributed by atoms with Crippen LogP contribution in [-0.4, -0.2) is 55.3 Å². The van der Waals surface area contributed by atoms with Crippen molar-refractivity contribution in [2.75, 3.05) is 39.3 Å². The molecule has 1 aliphatic carbocycles. The third kappa shape index (κ3) is 7.70. The van der Waals surface area contributed by atoms with Crippen molar-refractivity contribution in [2.24, 2.45) is 10.4 Å². The van der Waals surface area contributed by atoms with Crippen molar-refractivity contribution in [2.45, 2.75) is 52.9 Å². The molecule has 1 N–H and O–H groups in total. The Labute approximate surface area is 218 Å². The normalized spacial score (nSPS) is 23.8. The average molecular weight is 493 g/mol. The number of hydrogen-bond acceptors (Lipinski definition) is 5. The predicted molar refractivity (Wildman–Crippen MR) is 155 cm³/mol. The van der Waals surface area contributed by atoms with Crippen LogP contribution in [0.2, 0.25) is 0 Å². The quantitative estimate of drug-likeness (QED) is 0.154. The Balaban J connectivity index is 1.43. The summed E-state index contributed by atoms with van der Waals surface area (Å²) in [5.74, 6) is 0. The monoisotopic (exact) mass is 492 g/mol. The molecule has 1 unspecified atom stereocenters. The molecule has 0 radical (unpaired) electrons. The van der Waals surface area contributed by atoms with Crippen LogP contribution in [-0.2, 0) is 0 Å². The first kappa shape index (κ1) is 27.5. The number of unbranched alkanes of at least 4 members (excludes halogenated alkanes) is 4. The van der Waals surface area contributed by atoms with Gasteiger partial charge in [-0.1, -0.05) is 82.2 Å². The lowest BCUT2D eigenvalue weighted by Gasteiger charge is -2.37. The average Bonchev–Trinajstić information content (AvgIpc) is 3.42. The van der Waals surface area contributed by atoms with Crippen LogP contribution in [0.4, 0.5) is 0 Å². The molecule has 1 atom stereocenters. The second-order valence-electron chi connectivity index (χ2n) is 9.67. The number of allylic oxidation sites excluding steroid dienone is 6. The molecule has 2 aliphatic heterocycles. The molecule has 0 amide bonds. The lowest BCUT2D eigenvalue weighted by atomic mass is 10.0. The summed E-state index contributed by atoms with van der Waals surface area (Å²) in [5.41, 5.74) is 4.75. The van der Waals surface area contributed by atoms with E-state index in [2.05, 4.69) is 89.9 Å². The number of rotatable bonds is 15. The van der Waals surface area contributed by atoms with Gasteiger partial charge in [0.05, 0.1) is 11.1 Å². The molecule has 0 aromatic heterocycles. The zero-order valence-electron chi connectivity index (χ0n) is 22.1. The van der Waals surface area contributed by atoms with Crippen LogP contribution in [0.3, 0.4) is 0 Å². The molecule has 1 fully saturated rings. The first-order valence-corrected chi connectivity index (χ1v) is 14.1. The van der Waals surface area contributed by atoms with E-state index < -0.39 is 0 Å². The SMILES string of the molecule is C=C/C=C(\C=C/CNSC(/C=C\C)=C1\N=CC2=CC21C)C(=C)N1CCN(CCCCCCC)CC1. The molecular formula is C30H44N4S. The molecule has 1 saturated heterocycles. The molecule has 3 aliphatic rings. The van der Waals surface area contributed by atoms with Crippen molar-refractivity contribution in [1.82, 2.24) is 14.5 Å². The van der Waals surface area contributed by atoms with E-state index in [0.29, 0.717) is 0 Å². The molecule has 35 heavy (non-hydrogen) atoms. The van der Waals surface area contributed by atoms with Gasteiger partial charge in [-0.05, 0) is 56.0 Å². The summed E-state index contributed by atoms with van der Waals surface area (Å²) in [4.78, 5) is 10.8. The summed E-state index contributed by atoms with van der Waals surface area (Å²) in [6, 6.07) is 0. The molecule has 4 nitrogen and oxygen atoms in total. The molecule has 5 heteroatoms. The Morgan fingerprint density at radius 2 is 1.94 bits per heavy atom. The number of piperazine rings is 1. The van der Waals surface area contributed by atoms with Gasteiger partial charge in [0.25, 0.3) is 0 Å². The summed E-state index contributed by atoms with van der Waals surface area (Å²) in [6.45, 7) is 21.2. The van der Waals surface area contributed by atoms with E-state index in [1.165, 1.54) is 49.1 Å². The maximum Gasteiger partial charge on any atom is 0.0693 e. The van der Waals surface area contributed by atoms with E-state index in [1.807, 2.05) is 12.3 Å². The molecule has 0 aromatic rings. The van der Waals surface area contributed by atoms with E-state index in [9.17, 15) is 0 Å². The standard InChI is InChI=1S/C30H44N4S/c1-6-9-10-11-12-18-33-19-21-34(22-20-33)25(4)26(14-7-2)16-13-17-32-35-28(15-8-3)29-30(5)23-27(30)24-31-29/h7-8,13-16,23-24,32H,2,4,6,9-12,17-22H2,1,3,5H3/b15-8-,16-13-,26-14+,29-28-. The Morgan fingerprint density at radius 1 is 1.17 bits per heavy atom. The van der Waals surface area contributed by atoms with Crippen LogP contribution in [0.1, 0.15) is 52.9 Å². The van der Waals surface area contributed by atoms with E-state index in [1.54, 1.807) is 11.9 Å². The fourth-order valence-corrected chi connectivity index (χ4v) is 5.54. The number of nitrogens with one attached hydrogen (secondary N) is 1. The van der Waals surface area contributed by atoms with Gasteiger partial charge in [0.15, 0.2) is 0 Å². The molecular weight excluding hydrogens is 448 g/mol. The number of dihydropyridines is 1. The highest BCUT2D eigenvalue weighted by atomic mass is 32.2. The highest BCUT2D eigenvalue weighted by Gasteiger charge is 2.46. The second kappa shape index (κ2) is 13.9. The Bertz CT molecular complexity index is 928. The number of aliphatic imine (C=N–C) groups is 1. The van der Waals surface area contributed by atoms with Gasteiger partial charge in [-0.3, -0.25) is 14.6 Å². The lowest BCUT2D eigenvalue weighted by Crippen LogP contribution is -2.46. The van der Waals surface area contributed by atoms with Crippen molar-refractivity contribution in [1.29, 1.82) is 0 Å². The third-order valence-electron chi connectivity index (χ3n) is 6.98. The van der Waals surface area contributed by atoms with Gasteiger partial charge in [0.1, 0.15) is 0 Å². The molecule has 0 spiro atoms. The fourth-order valence-electron chi connectivity index (χ4n) is 4.64. The zero-order valence-corrected chi connectivity index (χ0v) is 22.9. The minimum Gasteiger partial charge on any atom is -0.369 e. The Kier molecular flexibility index (Phi) is 10.9. The smallest absolute Gasteiger partial charge is 0.0693 e. The van der Waals surface area contributed by atoms with Crippen molar-refractivity contribution in [3.63, 3.8) is 0 Å². The van der Waals surface area contributed by atoms with Crippen LogP contribution in [0.15, 0.2) is 88.1 Å². The Morgan fingerprint density at radius 3 is 2.57 bits per heavy atom. The predicted octanol–water partition coefficient (Wildman–Crippen LogP) is 6.81. The summed E-state index contributed by atoms with van der Waals surface area (Å²) >= 11 is 1.65. The van der Waals surface area contributed by atoms with E-state index >= 15 is 0 Å². The van der Waals surface area contributed by atoms with Crippen LogP contribution in [0, 0.1) is 5.41 Å².